The summed E-state index contributed by atoms with van der Waals surface area (Å²) < 4.78 is 7.47. The van der Waals surface area contributed by atoms with Gasteiger partial charge in [0, 0.05) is 0 Å². The van der Waals surface area contributed by atoms with Crippen LogP contribution in [-0.4, -0.2) is 29.6 Å². The number of aromatic nitrogens is 2. The molecule has 7 aromatic carbocycles. The van der Waals surface area contributed by atoms with E-state index in [4.69, 9.17) is 0 Å². The van der Waals surface area contributed by atoms with Gasteiger partial charge in [0.05, 0.1) is 0 Å². The van der Waals surface area contributed by atoms with E-state index in [1.807, 2.05) is 12.1 Å². The Balaban J connectivity index is 1.36. The molecule has 0 bridgehead atoms. The number of benzene rings is 7. The molecule has 0 N–H and O–H groups in total. The predicted molar refractivity (Wildman–Crippen MR) is 218 cm³/mol. The normalized spacial score (nSPS) is 12.0. The van der Waals surface area contributed by atoms with Crippen LogP contribution in [0.25, 0.3) is 83.7 Å². The number of aryl methyl sites for hydroxylation is 4. The molecule has 3 nitrogen and oxygen atoms in total. The van der Waals surface area contributed by atoms with E-state index in [-0.39, 0.29) is 5.43 Å². The molecule has 0 saturated heterocycles. The monoisotopic (exact) mass is 772 g/mol. The van der Waals surface area contributed by atoms with E-state index < -0.39 is 20.4 Å². The zero-order chi connectivity index (χ0) is 34.5. The summed E-state index contributed by atoms with van der Waals surface area (Å²) in [7, 11) is 0. The van der Waals surface area contributed by atoms with E-state index in [0.717, 1.165) is 33.3 Å². The van der Waals surface area contributed by atoms with Crippen LogP contribution in [0, 0.1) is 27.7 Å². The number of hydrogen-bond acceptors (Lipinski definition) is 1. The van der Waals surface area contributed by atoms with Crippen molar-refractivity contribution in [1.82, 2.24) is 9.13 Å². The van der Waals surface area contributed by atoms with Crippen molar-refractivity contribution in [2.75, 3.05) is 0 Å². The fourth-order valence-corrected chi connectivity index (χ4v) is 11.6. The molecule has 4 heteroatoms. The van der Waals surface area contributed by atoms with Gasteiger partial charge in [-0.2, -0.15) is 0 Å². The molecule has 0 unspecified atom stereocenters. The first-order chi connectivity index (χ1) is 24.9. The molecule has 0 fully saturated rings. The van der Waals surface area contributed by atoms with Crippen LogP contribution in [-0.2, 0) is 0 Å². The summed E-state index contributed by atoms with van der Waals surface area (Å²) in [5.74, 6) is 0. The maximum absolute atomic E-state index is 13.5. The van der Waals surface area contributed by atoms with E-state index in [9.17, 15) is 4.79 Å². The molecule has 51 heavy (non-hydrogen) atoms. The third-order valence-corrected chi connectivity index (χ3v) is 14.0. The van der Waals surface area contributed by atoms with Crippen molar-refractivity contribution in [2.24, 2.45) is 0 Å². The van der Waals surface area contributed by atoms with Gasteiger partial charge in [0.15, 0.2) is 0 Å². The molecule has 3 heterocycles. The Morgan fingerprint density at radius 3 is 1.37 bits per heavy atom. The van der Waals surface area contributed by atoms with Gasteiger partial charge in [0.2, 0.25) is 0 Å². The summed E-state index contributed by atoms with van der Waals surface area (Å²) >= 11 is -0.700. The second-order valence-corrected chi connectivity index (χ2v) is 17.0. The molecular formula is C47H34N2OTe. The summed E-state index contributed by atoms with van der Waals surface area (Å²) in [5.41, 5.74) is 14.6. The number of fused-ring (bicyclic) bond motifs is 8. The summed E-state index contributed by atoms with van der Waals surface area (Å²) in [4.78, 5) is 13.5. The van der Waals surface area contributed by atoms with Crippen molar-refractivity contribution >= 4 is 81.6 Å². The van der Waals surface area contributed by atoms with Crippen molar-refractivity contribution in [3.63, 3.8) is 0 Å². The van der Waals surface area contributed by atoms with Gasteiger partial charge in [-0.25, -0.2) is 0 Å². The van der Waals surface area contributed by atoms with Gasteiger partial charge in [0.1, 0.15) is 0 Å². The topological polar surface area (TPSA) is 26.9 Å². The standard InChI is InChI=1S/C47H34N2OTe/c1-27-11-7-16-33-34-17-8-12-28(2)44(34)48(43(27)33)39-24-22-31(32-21-23-38-42(26-32)51-41-20-6-5-15-37(41)47(38)50)25-40(39)49-45-29(3)13-9-18-35(45)36-19-10-14-30(4)46(36)49/h5-26H,1-4H3. The predicted octanol–water partition coefficient (Wildman–Crippen LogP) is 11.5. The Labute approximate surface area is 305 Å². The van der Waals surface area contributed by atoms with Gasteiger partial charge in [-0.3, -0.25) is 0 Å². The summed E-state index contributed by atoms with van der Waals surface area (Å²) in [6.45, 7) is 8.92. The van der Waals surface area contributed by atoms with Gasteiger partial charge in [-0.05, 0) is 0 Å². The number of hydrogen-bond donors (Lipinski definition) is 0. The average molecular weight is 770 g/mol. The number of rotatable bonds is 3. The van der Waals surface area contributed by atoms with E-state index in [1.165, 1.54) is 72.7 Å². The van der Waals surface area contributed by atoms with Crippen LogP contribution < -0.4 is 5.43 Å². The van der Waals surface area contributed by atoms with E-state index >= 15 is 0 Å². The molecule has 0 aliphatic rings. The molecular weight excluding hydrogens is 736 g/mol. The first-order valence-electron chi connectivity index (χ1n) is 17.5. The van der Waals surface area contributed by atoms with Crippen LogP contribution in [0.15, 0.2) is 138 Å². The van der Waals surface area contributed by atoms with Crippen molar-refractivity contribution in [3.05, 3.63) is 166 Å². The van der Waals surface area contributed by atoms with Crippen LogP contribution in [0.5, 0.6) is 0 Å². The van der Waals surface area contributed by atoms with Gasteiger partial charge < -0.3 is 0 Å². The Bertz CT molecular complexity index is 3040. The molecule has 0 aliphatic carbocycles. The Morgan fingerprint density at radius 1 is 0.392 bits per heavy atom. The maximum atomic E-state index is 13.5. The fourth-order valence-electron chi connectivity index (χ4n) is 8.45. The molecule has 0 saturated carbocycles. The third-order valence-electron chi connectivity index (χ3n) is 10.8. The Hall–Kier alpha value is -5.40. The van der Waals surface area contributed by atoms with Crippen LogP contribution in [0.1, 0.15) is 22.3 Å². The van der Waals surface area contributed by atoms with Gasteiger partial charge >= 0.3 is 307 Å². The van der Waals surface area contributed by atoms with E-state index in [0.29, 0.717) is 0 Å². The van der Waals surface area contributed by atoms with E-state index in [2.05, 4.69) is 158 Å². The fraction of sp³-hybridized carbons (Fsp3) is 0.0851. The molecule has 244 valence electrons. The Morgan fingerprint density at radius 2 is 0.824 bits per heavy atom. The summed E-state index contributed by atoms with van der Waals surface area (Å²) in [5, 5.41) is 6.79. The average Bonchev–Trinajstić information content (AvgIpc) is 3.68. The number of para-hydroxylation sites is 4. The number of nitrogens with zero attached hydrogens (tertiary/aromatic N) is 2. The molecule has 0 aliphatic heterocycles. The van der Waals surface area contributed by atoms with Crippen LogP contribution in [0.4, 0.5) is 0 Å². The quantitative estimate of drug-likeness (QED) is 0.130. The second kappa shape index (κ2) is 11.3. The van der Waals surface area contributed by atoms with Crippen molar-refractivity contribution in [3.8, 4) is 22.5 Å². The van der Waals surface area contributed by atoms with Gasteiger partial charge in [-0.1, -0.05) is 0 Å². The Kier molecular flexibility index (Phi) is 6.74. The zero-order valence-electron chi connectivity index (χ0n) is 28.9. The molecule has 0 spiro atoms. The van der Waals surface area contributed by atoms with Crippen LogP contribution in [0.3, 0.4) is 0 Å². The van der Waals surface area contributed by atoms with E-state index in [1.54, 1.807) is 0 Å². The minimum absolute atomic E-state index is 0.146. The van der Waals surface area contributed by atoms with Gasteiger partial charge in [0.25, 0.3) is 0 Å². The van der Waals surface area contributed by atoms with Gasteiger partial charge in [-0.15, -0.1) is 0 Å². The summed E-state index contributed by atoms with van der Waals surface area (Å²) in [6, 6.07) is 48.3. The summed E-state index contributed by atoms with van der Waals surface area (Å²) in [6.07, 6.45) is 0. The van der Waals surface area contributed by atoms with Crippen LogP contribution in [0.2, 0.25) is 0 Å². The molecule has 10 aromatic rings. The molecule has 0 radical (unpaired) electrons. The SMILES string of the molecule is Cc1cccc2c3cccc(C)c3n(-c3ccc(-c4ccc5c(=O)c6ccccc6[te]c5c4)cc3-n3c4c(C)cccc4c4cccc(C)c43)c12. The molecule has 3 aromatic heterocycles. The van der Waals surface area contributed by atoms with Crippen molar-refractivity contribution in [2.45, 2.75) is 27.7 Å². The van der Waals surface area contributed by atoms with Crippen molar-refractivity contribution in [1.29, 1.82) is 0 Å². The first kappa shape index (κ1) is 30.4. The third kappa shape index (κ3) is 4.40. The molecule has 10 rings (SSSR count). The minimum atomic E-state index is -0.700. The van der Waals surface area contributed by atoms with Crippen molar-refractivity contribution < 1.29 is 0 Å². The molecule has 0 amide bonds. The second-order valence-electron chi connectivity index (χ2n) is 13.9. The zero-order valence-corrected chi connectivity index (χ0v) is 31.2. The molecule has 0 atom stereocenters. The van der Waals surface area contributed by atoms with Crippen LogP contribution >= 0.6 is 0 Å². The first-order valence-corrected chi connectivity index (χ1v) is 19.8.